The Morgan fingerprint density at radius 1 is 1.12 bits per heavy atom. The van der Waals surface area contributed by atoms with Crippen molar-refractivity contribution in [2.24, 2.45) is 11.3 Å². The van der Waals surface area contributed by atoms with Crippen LogP contribution in [0, 0.1) is 11.3 Å². The molecule has 0 bridgehead atoms. The van der Waals surface area contributed by atoms with Gasteiger partial charge >= 0.3 is 0 Å². The zero-order chi connectivity index (χ0) is 11.0. The summed E-state index contributed by atoms with van der Waals surface area (Å²) in [5.74, 6) is 0.869. The molecule has 2 heterocycles. The van der Waals surface area contributed by atoms with Gasteiger partial charge in [0.2, 0.25) is 0 Å². The molecular weight excluding hydrogens is 200 g/mol. The van der Waals surface area contributed by atoms with E-state index in [9.17, 15) is 0 Å². The van der Waals surface area contributed by atoms with Crippen molar-refractivity contribution in [3.05, 3.63) is 0 Å². The predicted molar refractivity (Wildman–Crippen MR) is 63.4 cm³/mol. The molecule has 2 unspecified atom stereocenters. The van der Waals surface area contributed by atoms with Crippen LogP contribution < -0.4 is 0 Å². The molecule has 92 valence electrons. The van der Waals surface area contributed by atoms with Crippen molar-refractivity contribution in [2.75, 3.05) is 13.2 Å². The molecule has 2 aliphatic heterocycles. The number of epoxide rings is 2. The minimum Gasteiger partial charge on any atom is -0.373 e. The van der Waals surface area contributed by atoms with Crippen LogP contribution in [0.25, 0.3) is 0 Å². The fourth-order valence-electron chi connectivity index (χ4n) is 3.58. The summed E-state index contributed by atoms with van der Waals surface area (Å²) in [5, 5.41) is 0. The Kier molecular flexibility index (Phi) is 2.97. The molecule has 2 atom stereocenters. The van der Waals surface area contributed by atoms with Gasteiger partial charge in [0.15, 0.2) is 0 Å². The zero-order valence-corrected chi connectivity index (χ0v) is 10.4. The number of hydrogen-bond acceptors (Lipinski definition) is 2. The molecule has 2 saturated heterocycles. The van der Waals surface area contributed by atoms with Gasteiger partial charge in [-0.3, -0.25) is 0 Å². The van der Waals surface area contributed by atoms with Crippen molar-refractivity contribution in [3.63, 3.8) is 0 Å². The Balaban J connectivity index is 1.57. The van der Waals surface area contributed by atoms with Gasteiger partial charge in [-0.15, -0.1) is 0 Å². The average molecular weight is 224 g/mol. The third kappa shape index (κ3) is 2.14. The third-order valence-electron chi connectivity index (χ3n) is 4.96. The van der Waals surface area contributed by atoms with Gasteiger partial charge in [0, 0.05) is 0 Å². The molecule has 3 fully saturated rings. The van der Waals surface area contributed by atoms with Gasteiger partial charge in [-0.1, -0.05) is 19.8 Å². The van der Waals surface area contributed by atoms with Crippen LogP contribution in [0.2, 0.25) is 0 Å². The standard InChI is InChI=1S/C14H24O2/c1-2-3-6-14(13-10-16-13)7-4-11(5-8-14)12-9-15-12/h11-13H,2-10H2,1H3. The SMILES string of the molecule is CCCCC1(C2CO2)CCC(C2CO2)CC1. The first-order valence-corrected chi connectivity index (χ1v) is 7.07. The monoisotopic (exact) mass is 224 g/mol. The van der Waals surface area contributed by atoms with Gasteiger partial charge in [-0.25, -0.2) is 0 Å². The maximum Gasteiger partial charge on any atom is 0.0865 e. The summed E-state index contributed by atoms with van der Waals surface area (Å²) in [6.07, 6.45) is 10.9. The van der Waals surface area contributed by atoms with Gasteiger partial charge in [-0.05, 0) is 43.4 Å². The maximum atomic E-state index is 5.63. The smallest absolute Gasteiger partial charge is 0.0865 e. The van der Waals surface area contributed by atoms with Crippen LogP contribution in [0.5, 0.6) is 0 Å². The molecular formula is C14H24O2. The second-order valence-corrected chi connectivity index (χ2v) is 6.00. The molecule has 0 aromatic carbocycles. The minimum absolute atomic E-state index is 0.557. The van der Waals surface area contributed by atoms with Crippen LogP contribution in [0.1, 0.15) is 51.9 Å². The van der Waals surface area contributed by atoms with Crippen molar-refractivity contribution in [3.8, 4) is 0 Å². The second-order valence-electron chi connectivity index (χ2n) is 6.00. The van der Waals surface area contributed by atoms with E-state index in [1.165, 1.54) is 44.9 Å². The lowest BCUT2D eigenvalue weighted by Crippen LogP contribution is -2.34. The van der Waals surface area contributed by atoms with Crippen molar-refractivity contribution in [1.29, 1.82) is 0 Å². The van der Waals surface area contributed by atoms with Crippen LogP contribution in [0.15, 0.2) is 0 Å². The Bertz CT molecular complexity index is 235. The van der Waals surface area contributed by atoms with E-state index in [1.807, 2.05) is 0 Å². The quantitative estimate of drug-likeness (QED) is 0.670. The van der Waals surface area contributed by atoms with E-state index in [0.29, 0.717) is 17.6 Å². The topological polar surface area (TPSA) is 25.1 Å². The van der Waals surface area contributed by atoms with E-state index in [4.69, 9.17) is 9.47 Å². The van der Waals surface area contributed by atoms with E-state index in [1.54, 1.807) is 0 Å². The van der Waals surface area contributed by atoms with Gasteiger partial charge in [-0.2, -0.15) is 0 Å². The highest BCUT2D eigenvalue weighted by molar-refractivity contribution is 4.98. The summed E-state index contributed by atoms with van der Waals surface area (Å²) in [6, 6.07) is 0. The molecule has 0 radical (unpaired) electrons. The Morgan fingerprint density at radius 3 is 2.31 bits per heavy atom. The highest BCUT2D eigenvalue weighted by Gasteiger charge is 2.49. The van der Waals surface area contributed by atoms with E-state index < -0.39 is 0 Å². The summed E-state index contributed by atoms with van der Waals surface area (Å²) in [4.78, 5) is 0. The van der Waals surface area contributed by atoms with Crippen LogP contribution in [0.3, 0.4) is 0 Å². The normalized spacial score (nSPS) is 46.7. The fraction of sp³-hybridized carbons (Fsp3) is 1.00. The van der Waals surface area contributed by atoms with Crippen LogP contribution in [0.4, 0.5) is 0 Å². The van der Waals surface area contributed by atoms with Gasteiger partial charge in [0.05, 0.1) is 25.4 Å². The van der Waals surface area contributed by atoms with Crippen molar-refractivity contribution in [2.45, 2.75) is 64.1 Å². The summed E-state index contributed by atoms with van der Waals surface area (Å²) < 4.78 is 11.1. The van der Waals surface area contributed by atoms with E-state index in [2.05, 4.69) is 6.92 Å². The maximum absolute atomic E-state index is 5.63. The first-order valence-electron chi connectivity index (χ1n) is 7.07. The number of hydrogen-bond donors (Lipinski definition) is 0. The average Bonchev–Trinajstić information content (AvgIpc) is 3.20. The molecule has 1 aliphatic carbocycles. The van der Waals surface area contributed by atoms with Crippen molar-refractivity contribution < 1.29 is 9.47 Å². The van der Waals surface area contributed by atoms with Crippen LogP contribution in [-0.4, -0.2) is 25.4 Å². The highest BCUT2D eigenvalue weighted by Crippen LogP contribution is 2.51. The molecule has 0 spiro atoms. The lowest BCUT2D eigenvalue weighted by molar-refractivity contribution is 0.0827. The Hall–Kier alpha value is -0.0800. The highest BCUT2D eigenvalue weighted by atomic mass is 16.6. The predicted octanol–water partition coefficient (Wildman–Crippen LogP) is 3.15. The molecule has 2 nitrogen and oxygen atoms in total. The number of ether oxygens (including phenoxy) is 2. The zero-order valence-electron chi connectivity index (χ0n) is 10.4. The molecule has 2 heteroatoms. The fourth-order valence-corrected chi connectivity index (χ4v) is 3.58. The molecule has 0 aromatic rings. The molecule has 1 saturated carbocycles. The first kappa shape index (κ1) is 11.0. The van der Waals surface area contributed by atoms with Gasteiger partial charge in [0.1, 0.15) is 0 Å². The van der Waals surface area contributed by atoms with Gasteiger partial charge < -0.3 is 9.47 Å². The lowest BCUT2D eigenvalue weighted by Gasteiger charge is -2.39. The molecule has 0 aromatic heterocycles. The van der Waals surface area contributed by atoms with E-state index in [-0.39, 0.29) is 0 Å². The lowest BCUT2D eigenvalue weighted by atomic mass is 9.65. The first-order chi connectivity index (χ1) is 7.84. The van der Waals surface area contributed by atoms with E-state index in [0.717, 1.165) is 19.1 Å². The van der Waals surface area contributed by atoms with Crippen molar-refractivity contribution >= 4 is 0 Å². The van der Waals surface area contributed by atoms with Gasteiger partial charge in [0.25, 0.3) is 0 Å². The summed E-state index contributed by atoms with van der Waals surface area (Å²) in [7, 11) is 0. The summed E-state index contributed by atoms with van der Waals surface area (Å²) in [5.41, 5.74) is 0.557. The van der Waals surface area contributed by atoms with Crippen molar-refractivity contribution in [1.82, 2.24) is 0 Å². The van der Waals surface area contributed by atoms with E-state index >= 15 is 0 Å². The molecule has 0 N–H and O–H groups in total. The molecule has 3 aliphatic rings. The molecule has 0 amide bonds. The summed E-state index contributed by atoms with van der Waals surface area (Å²) >= 11 is 0. The number of unbranched alkanes of at least 4 members (excludes halogenated alkanes) is 1. The second kappa shape index (κ2) is 4.30. The minimum atomic E-state index is 0.557. The summed E-state index contributed by atoms with van der Waals surface area (Å²) in [6.45, 7) is 4.37. The van der Waals surface area contributed by atoms with Crippen LogP contribution >= 0.6 is 0 Å². The Labute approximate surface area is 98.7 Å². The molecule has 3 rings (SSSR count). The largest absolute Gasteiger partial charge is 0.373 e. The molecule has 16 heavy (non-hydrogen) atoms. The Morgan fingerprint density at radius 2 is 1.81 bits per heavy atom. The third-order valence-corrected chi connectivity index (χ3v) is 4.96. The van der Waals surface area contributed by atoms with Crippen LogP contribution in [-0.2, 0) is 9.47 Å². The number of rotatable bonds is 5.